The predicted molar refractivity (Wildman–Crippen MR) is 48.5 cm³/mol. The maximum Gasteiger partial charge on any atom is 0.157 e. The lowest BCUT2D eigenvalue weighted by Gasteiger charge is -2.02. The van der Waals surface area contributed by atoms with Crippen molar-refractivity contribution in [2.45, 2.75) is 40.5 Å². The Kier molecular flexibility index (Phi) is 4.84. The van der Waals surface area contributed by atoms with Crippen molar-refractivity contribution in [2.24, 2.45) is 5.92 Å². The zero-order valence-corrected chi connectivity index (χ0v) is 7.98. The minimum Gasteiger partial charge on any atom is -0.295 e. The second-order valence-electron chi connectivity index (χ2n) is 3.01. The van der Waals surface area contributed by atoms with Crippen molar-refractivity contribution >= 4 is 5.78 Å². The third-order valence-corrected chi connectivity index (χ3v) is 1.94. The molecule has 1 atom stereocenters. The number of Topliss-reactive ketones (excluding diaryl/α,β-unsaturated/α-hetero) is 1. The minimum absolute atomic E-state index is 0.269. The van der Waals surface area contributed by atoms with Crippen LogP contribution in [0.4, 0.5) is 0 Å². The number of hydrogen-bond donors (Lipinski definition) is 0. The van der Waals surface area contributed by atoms with Gasteiger partial charge in [0.1, 0.15) is 0 Å². The molecule has 11 heavy (non-hydrogen) atoms. The van der Waals surface area contributed by atoms with Gasteiger partial charge in [0.15, 0.2) is 5.78 Å². The van der Waals surface area contributed by atoms with E-state index in [9.17, 15) is 4.79 Å². The van der Waals surface area contributed by atoms with Crippen LogP contribution in [-0.2, 0) is 4.79 Å². The highest BCUT2D eigenvalue weighted by atomic mass is 16.1. The van der Waals surface area contributed by atoms with Gasteiger partial charge in [-0.2, -0.15) is 0 Å². The Morgan fingerprint density at radius 3 is 2.36 bits per heavy atom. The molecule has 0 radical (unpaired) electrons. The molecule has 0 rings (SSSR count). The van der Waals surface area contributed by atoms with Crippen LogP contribution >= 0.6 is 0 Å². The second-order valence-corrected chi connectivity index (χ2v) is 3.01. The third-order valence-electron chi connectivity index (χ3n) is 1.94. The molecule has 0 aromatic carbocycles. The van der Waals surface area contributed by atoms with Crippen molar-refractivity contribution in [3.8, 4) is 0 Å². The lowest BCUT2D eigenvalue weighted by atomic mass is 10.0. The quantitative estimate of drug-likeness (QED) is 0.569. The Bertz CT molecular complexity index is 156. The van der Waals surface area contributed by atoms with Crippen LogP contribution in [-0.4, -0.2) is 5.78 Å². The fourth-order valence-corrected chi connectivity index (χ4v) is 0.916. The Balaban J connectivity index is 4.09. The van der Waals surface area contributed by atoms with Crippen molar-refractivity contribution in [3.05, 3.63) is 11.6 Å². The fraction of sp³-hybridized carbons (Fsp3) is 0.700. The fourth-order valence-electron chi connectivity index (χ4n) is 0.916. The molecule has 0 aliphatic carbocycles. The number of allylic oxidation sites excluding steroid dienone is 2. The molecule has 0 aromatic heterocycles. The summed E-state index contributed by atoms with van der Waals surface area (Å²) in [7, 11) is 0. The molecule has 0 bridgehead atoms. The van der Waals surface area contributed by atoms with Gasteiger partial charge < -0.3 is 0 Å². The first-order valence-corrected chi connectivity index (χ1v) is 4.33. The average Bonchev–Trinajstić information content (AvgIpc) is 2.02. The predicted octanol–water partition coefficient (Wildman–Crippen LogP) is 2.96. The van der Waals surface area contributed by atoms with E-state index in [0.29, 0.717) is 12.3 Å². The summed E-state index contributed by atoms with van der Waals surface area (Å²) < 4.78 is 0. The molecule has 0 fully saturated rings. The second kappa shape index (κ2) is 5.11. The topological polar surface area (TPSA) is 17.1 Å². The molecule has 1 heteroatoms. The average molecular weight is 154 g/mol. The number of carbonyl (C=O) groups is 1. The number of rotatable bonds is 4. The first-order chi connectivity index (χ1) is 5.11. The standard InChI is InChI=1S/C10H18O/c1-5-8(3)7-9(4)10(11)6-2/h7-8H,5-6H2,1-4H3/b9-7+/t8-/m0/s1. The Labute approximate surface area is 69.5 Å². The number of ketones is 1. The van der Waals surface area contributed by atoms with Gasteiger partial charge in [-0.3, -0.25) is 4.79 Å². The monoisotopic (exact) mass is 154 g/mol. The molecule has 0 aliphatic rings. The third kappa shape index (κ3) is 3.97. The van der Waals surface area contributed by atoms with Gasteiger partial charge in [0.2, 0.25) is 0 Å². The van der Waals surface area contributed by atoms with Gasteiger partial charge in [0.05, 0.1) is 0 Å². The smallest absolute Gasteiger partial charge is 0.157 e. The minimum atomic E-state index is 0.269. The summed E-state index contributed by atoms with van der Waals surface area (Å²) in [5.41, 5.74) is 0.918. The van der Waals surface area contributed by atoms with Crippen molar-refractivity contribution in [3.63, 3.8) is 0 Å². The van der Waals surface area contributed by atoms with E-state index in [1.807, 2.05) is 13.8 Å². The molecule has 1 nitrogen and oxygen atoms in total. The van der Waals surface area contributed by atoms with E-state index >= 15 is 0 Å². The molecular formula is C10H18O. The van der Waals surface area contributed by atoms with Gasteiger partial charge in [-0.1, -0.05) is 33.3 Å². The summed E-state index contributed by atoms with van der Waals surface area (Å²) in [6.45, 7) is 8.06. The van der Waals surface area contributed by atoms with E-state index in [4.69, 9.17) is 0 Å². The Hall–Kier alpha value is -0.590. The van der Waals surface area contributed by atoms with Crippen LogP contribution in [0.25, 0.3) is 0 Å². The van der Waals surface area contributed by atoms with Crippen molar-refractivity contribution in [1.82, 2.24) is 0 Å². The first kappa shape index (κ1) is 10.4. The van der Waals surface area contributed by atoms with Gasteiger partial charge >= 0.3 is 0 Å². The Morgan fingerprint density at radius 2 is 2.00 bits per heavy atom. The van der Waals surface area contributed by atoms with Crippen molar-refractivity contribution in [1.29, 1.82) is 0 Å². The van der Waals surface area contributed by atoms with E-state index < -0.39 is 0 Å². The Morgan fingerprint density at radius 1 is 1.45 bits per heavy atom. The molecule has 0 saturated heterocycles. The highest BCUT2D eigenvalue weighted by Crippen LogP contribution is 2.08. The van der Waals surface area contributed by atoms with Crippen LogP contribution in [0.3, 0.4) is 0 Å². The van der Waals surface area contributed by atoms with Crippen LogP contribution in [0.5, 0.6) is 0 Å². The van der Waals surface area contributed by atoms with Crippen LogP contribution in [0.2, 0.25) is 0 Å². The van der Waals surface area contributed by atoms with E-state index in [1.165, 1.54) is 0 Å². The number of carbonyl (C=O) groups excluding carboxylic acids is 1. The summed E-state index contributed by atoms with van der Waals surface area (Å²) >= 11 is 0. The molecule has 0 aromatic rings. The van der Waals surface area contributed by atoms with E-state index in [2.05, 4.69) is 19.9 Å². The van der Waals surface area contributed by atoms with E-state index in [0.717, 1.165) is 12.0 Å². The van der Waals surface area contributed by atoms with Gasteiger partial charge in [0, 0.05) is 6.42 Å². The molecule has 0 N–H and O–H groups in total. The van der Waals surface area contributed by atoms with E-state index in [1.54, 1.807) is 0 Å². The molecule has 64 valence electrons. The zero-order valence-electron chi connectivity index (χ0n) is 7.98. The molecule has 0 heterocycles. The highest BCUT2D eigenvalue weighted by Gasteiger charge is 2.01. The first-order valence-electron chi connectivity index (χ1n) is 4.33. The van der Waals surface area contributed by atoms with Crippen LogP contribution in [0, 0.1) is 5.92 Å². The van der Waals surface area contributed by atoms with E-state index in [-0.39, 0.29) is 5.78 Å². The summed E-state index contributed by atoms with van der Waals surface area (Å²) in [4.78, 5) is 11.1. The molecule has 0 spiro atoms. The van der Waals surface area contributed by atoms with Gasteiger partial charge in [-0.25, -0.2) is 0 Å². The number of hydrogen-bond acceptors (Lipinski definition) is 1. The molecule has 0 saturated carbocycles. The van der Waals surface area contributed by atoms with Crippen LogP contribution in [0.15, 0.2) is 11.6 Å². The van der Waals surface area contributed by atoms with Crippen LogP contribution in [0.1, 0.15) is 40.5 Å². The molecular weight excluding hydrogens is 136 g/mol. The normalized spacial score (nSPS) is 14.7. The highest BCUT2D eigenvalue weighted by molar-refractivity contribution is 5.94. The SMILES string of the molecule is CCC(=O)/C(C)=C/[C@@H](C)CC. The summed E-state index contributed by atoms with van der Waals surface area (Å²) in [6.07, 6.45) is 3.79. The lowest BCUT2D eigenvalue weighted by Crippen LogP contribution is -1.99. The summed E-state index contributed by atoms with van der Waals surface area (Å²) in [5, 5.41) is 0. The zero-order chi connectivity index (χ0) is 8.85. The molecule has 0 amide bonds. The largest absolute Gasteiger partial charge is 0.295 e. The summed E-state index contributed by atoms with van der Waals surface area (Å²) in [5.74, 6) is 0.802. The van der Waals surface area contributed by atoms with Gasteiger partial charge in [0.25, 0.3) is 0 Å². The maximum atomic E-state index is 11.1. The lowest BCUT2D eigenvalue weighted by molar-refractivity contribution is -0.115. The maximum absolute atomic E-state index is 11.1. The van der Waals surface area contributed by atoms with Crippen molar-refractivity contribution < 1.29 is 4.79 Å². The molecule has 0 aliphatic heterocycles. The summed E-state index contributed by atoms with van der Waals surface area (Å²) in [6, 6.07) is 0. The molecule has 0 unspecified atom stereocenters. The van der Waals surface area contributed by atoms with Crippen molar-refractivity contribution in [2.75, 3.05) is 0 Å². The van der Waals surface area contributed by atoms with Gasteiger partial charge in [-0.05, 0) is 18.4 Å². The van der Waals surface area contributed by atoms with Gasteiger partial charge in [-0.15, -0.1) is 0 Å². The van der Waals surface area contributed by atoms with Crippen LogP contribution < -0.4 is 0 Å².